The van der Waals surface area contributed by atoms with Crippen molar-refractivity contribution in [3.63, 3.8) is 0 Å². The Hall–Kier alpha value is -2.48. The molecule has 0 spiro atoms. The molecule has 3 rings (SSSR count). The SMILES string of the molecule is COc1cc(NCc2cc(=O)n3c(n2)CN(C)CCC3)ncn1. The predicted octanol–water partition coefficient (Wildman–Crippen LogP) is 0.489. The number of hydrogen-bond acceptors (Lipinski definition) is 7. The summed E-state index contributed by atoms with van der Waals surface area (Å²) in [5, 5.41) is 3.14. The summed E-state index contributed by atoms with van der Waals surface area (Å²) >= 11 is 0. The van der Waals surface area contributed by atoms with Crippen LogP contribution in [0.15, 0.2) is 23.3 Å². The van der Waals surface area contributed by atoms with Gasteiger partial charge in [0.15, 0.2) is 0 Å². The summed E-state index contributed by atoms with van der Waals surface area (Å²) in [6.07, 6.45) is 2.39. The van der Waals surface area contributed by atoms with Gasteiger partial charge in [-0.3, -0.25) is 14.3 Å². The molecule has 0 aliphatic carbocycles. The van der Waals surface area contributed by atoms with Crippen molar-refractivity contribution >= 4 is 5.82 Å². The van der Waals surface area contributed by atoms with Crippen LogP contribution >= 0.6 is 0 Å². The van der Waals surface area contributed by atoms with E-state index >= 15 is 0 Å². The van der Waals surface area contributed by atoms with Crippen molar-refractivity contribution < 1.29 is 4.74 Å². The normalized spacial score (nSPS) is 14.9. The summed E-state index contributed by atoms with van der Waals surface area (Å²) in [6, 6.07) is 3.28. The number of nitrogens with zero attached hydrogens (tertiary/aromatic N) is 5. The van der Waals surface area contributed by atoms with Gasteiger partial charge in [0.2, 0.25) is 5.88 Å². The molecule has 23 heavy (non-hydrogen) atoms. The molecule has 0 unspecified atom stereocenters. The third-order valence-electron chi connectivity index (χ3n) is 3.77. The lowest BCUT2D eigenvalue weighted by Gasteiger charge is -2.14. The fraction of sp³-hybridized carbons (Fsp3) is 0.467. The van der Waals surface area contributed by atoms with Gasteiger partial charge in [0, 0.05) is 25.2 Å². The second kappa shape index (κ2) is 6.74. The van der Waals surface area contributed by atoms with Gasteiger partial charge >= 0.3 is 0 Å². The smallest absolute Gasteiger partial charge is 0.253 e. The molecule has 0 fully saturated rings. The van der Waals surface area contributed by atoms with Gasteiger partial charge in [-0.25, -0.2) is 15.0 Å². The Balaban J connectivity index is 1.78. The van der Waals surface area contributed by atoms with Crippen LogP contribution < -0.4 is 15.6 Å². The van der Waals surface area contributed by atoms with Crippen molar-refractivity contribution in [1.29, 1.82) is 0 Å². The van der Waals surface area contributed by atoms with Crippen LogP contribution in [0.2, 0.25) is 0 Å². The number of ether oxygens (including phenoxy) is 1. The first kappa shape index (κ1) is 15.4. The van der Waals surface area contributed by atoms with E-state index in [9.17, 15) is 4.79 Å². The van der Waals surface area contributed by atoms with Crippen LogP contribution in [0.1, 0.15) is 17.9 Å². The van der Waals surface area contributed by atoms with Gasteiger partial charge in [-0.1, -0.05) is 0 Å². The Labute approximate surface area is 134 Å². The second-order valence-electron chi connectivity index (χ2n) is 5.54. The fourth-order valence-corrected chi connectivity index (χ4v) is 2.60. The molecule has 0 amide bonds. The molecule has 2 aromatic heterocycles. The molecule has 122 valence electrons. The predicted molar refractivity (Wildman–Crippen MR) is 85.4 cm³/mol. The molecular weight excluding hydrogens is 296 g/mol. The molecule has 0 atom stereocenters. The third-order valence-corrected chi connectivity index (χ3v) is 3.77. The van der Waals surface area contributed by atoms with E-state index in [1.165, 1.54) is 6.33 Å². The van der Waals surface area contributed by atoms with Crippen LogP contribution in [0, 0.1) is 0 Å². The van der Waals surface area contributed by atoms with Crippen LogP contribution in [-0.4, -0.2) is 45.1 Å². The lowest BCUT2D eigenvalue weighted by atomic mass is 10.3. The molecule has 1 N–H and O–H groups in total. The number of rotatable bonds is 4. The quantitative estimate of drug-likeness (QED) is 0.878. The van der Waals surface area contributed by atoms with Gasteiger partial charge in [0.05, 0.1) is 25.9 Å². The van der Waals surface area contributed by atoms with E-state index in [1.54, 1.807) is 23.8 Å². The zero-order valence-corrected chi connectivity index (χ0v) is 13.3. The average molecular weight is 316 g/mol. The van der Waals surface area contributed by atoms with E-state index in [-0.39, 0.29) is 5.56 Å². The monoisotopic (exact) mass is 316 g/mol. The summed E-state index contributed by atoms with van der Waals surface area (Å²) < 4.78 is 6.83. The molecule has 0 radical (unpaired) electrons. The van der Waals surface area contributed by atoms with E-state index in [1.807, 2.05) is 7.05 Å². The van der Waals surface area contributed by atoms with Gasteiger partial charge in [-0.05, 0) is 13.5 Å². The van der Waals surface area contributed by atoms with Crippen molar-refractivity contribution in [3.05, 3.63) is 40.3 Å². The standard InChI is InChI=1S/C15H20N6O2/c1-20-4-3-5-21-13(9-20)19-11(6-15(21)22)8-16-12-7-14(23-2)18-10-17-12/h6-7,10H,3-5,8-9H2,1-2H3,(H,16,17,18). The van der Waals surface area contributed by atoms with Gasteiger partial charge in [-0.15, -0.1) is 0 Å². The first-order chi connectivity index (χ1) is 11.2. The summed E-state index contributed by atoms with van der Waals surface area (Å²) in [5.74, 6) is 1.93. The van der Waals surface area contributed by atoms with Crippen molar-refractivity contribution in [3.8, 4) is 5.88 Å². The zero-order chi connectivity index (χ0) is 16.2. The van der Waals surface area contributed by atoms with E-state index in [2.05, 4.69) is 25.2 Å². The minimum Gasteiger partial charge on any atom is -0.481 e. The highest BCUT2D eigenvalue weighted by Gasteiger charge is 2.14. The number of fused-ring (bicyclic) bond motifs is 1. The molecule has 0 bridgehead atoms. The Morgan fingerprint density at radius 2 is 2.17 bits per heavy atom. The van der Waals surface area contributed by atoms with E-state index in [0.29, 0.717) is 30.5 Å². The second-order valence-corrected chi connectivity index (χ2v) is 5.54. The first-order valence-electron chi connectivity index (χ1n) is 7.54. The maximum Gasteiger partial charge on any atom is 0.253 e. The number of aromatic nitrogens is 4. The number of hydrogen-bond donors (Lipinski definition) is 1. The molecule has 2 aromatic rings. The van der Waals surface area contributed by atoms with Gasteiger partial charge in [0.1, 0.15) is 18.0 Å². The molecule has 0 aromatic carbocycles. The number of anilines is 1. The van der Waals surface area contributed by atoms with Crippen molar-refractivity contribution in [2.75, 3.05) is 26.0 Å². The Bertz CT molecular complexity index is 745. The summed E-state index contributed by atoms with van der Waals surface area (Å²) in [4.78, 5) is 27.2. The van der Waals surface area contributed by atoms with E-state index in [4.69, 9.17) is 4.74 Å². The molecule has 0 saturated heterocycles. The first-order valence-corrected chi connectivity index (χ1v) is 7.54. The minimum absolute atomic E-state index is 0.00219. The van der Waals surface area contributed by atoms with Crippen LogP contribution in [0.25, 0.3) is 0 Å². The molecule has 0 saturated carbocycles. The van der Waals surface area contributed by atoms with Gasteiger partial charge in [0.25, 0.3) is 5.56 Å². The molecule has 8 heteroatoms. The maximum absolute atomic E-state index is 12.3. The van der Waals surface area contributed by atoms with Crippen molar-refractivity contribution in [2.45, 2.75) is 26.1 Å². The molecular formula is C15H20N6O2. The average Bonchev–Trinajstić information content (AvgIpc) is 2.74. The zero-order valence-electron chi connectivity index (χ0n) is 13.3. The van der Waals surface area contributed by atoms with Crippen LogP contribution in [0.4, 0.5) is 5.82 Å². The number of nitrogens with one attached hydrogen (secondary N) is 1. The largest absolute Gasteiger partial charge is 0.481 e. The highest BCUT2D eigenvalue weighted by molar-refractivity contribution is 5.37. The van der Waals surface area contributed by atoms with E-state index < -0.39 is 0 Å². The van der Waals surface area contributed by atoms with Gasteiger partial charge < -0.3 is 10.1 Å². The molecule has 3 heterocycles. The lowest BCUT2D eigenvalue weighted by Crippen LogP contribution is -2.26. The highest BCUT2D eigenvalue weighted by atomic mass is 16.5. The Morgan fingerprint density at radius 3 is 3.00 bits per heavy atom. The topological polar surface area (TPSA) is 85.2 Å². The van der Waals surface area contributed by atoms with Gasteiger partial charge in [-0.2, -0.15) is 0 Å². The van der Waals surface area contributed by atoms with E-state index in [0.717, 1.165) is 25.3 Å². The Morgan fingerprint density at radius 1 is 1.30 bits per heavy atom. The molecule has 8 nitrogen and oxygen atoms in total. The van der Waals surface area contributed by atoms with Crippen LogP contribution in [0.3, 0.4) is 0 Å². The third kappa shape index (κ3) is 3.65. The lowest BCUT2D eigenvalue weighted by molar-refractivity contribution is 0.328. The fourth-order valence-electron chi connectivity index (χ4n) is 2.60. The number of methoxy groups -OCH3 is 1. The Kier molecular flexibility index (Phi) is 4.52. The highest BCUT2D eigenvalue weighted by Crippen LogP contribution is 2.12. The molecule has 1 aliphatic rings. The minimum atomic E-state index is 0.00219. The van der Waals surface area contributed by atoms with Crippen molar-refractivity contribution in [2.24, 2.45) is 0 Å². The maximum atomic E-state index is 12.3. The van der Waals surface area contributed by atoms with Crippen molar-refractivity contribution in [1.82, 2.24) is 24.4 Å². The van der Waals surface area contributed by atoms with Crippen LogP contribution in [0.5, 0.6) is 5.88 Å². The van der Waals surface area contributed by atoms with Crippen LogP contribution in [-0.2, 0) is 19.6 Å². The summed E-state index contributed by atoms with van der Waals surface area (Å²) in [6.45, 7) is 2.80. The molecule has 1 aliphatic heterocycles. The summed E-state index contributed by atoms with van der Waals surface area (Å²) in [7, 11) is 3.59. The summed E-state index contributed by atoms with van der Waals surface area (Å²) in [5.41, 5.74) is 0.705.